The zero-order chi connectivity index (χ0) is 16.9. The van der Waals surface area contributed by atoms with Gasteiger partial charge in [-0.25, -0.2) is 13.4 Å². The summed E-state index contributed by atoms with van der Waals surface area (Å²) in [6, 6.07) is 11.0. The lowest BCUT2D eigenvalue weighted by atomic mass is 10.2. The molecule has 0 unspecified atom stereocenters. The first kappa shape index (κ1) is 18.3. The summed E-state index contributed by atoms with van der Waals surface area (Å²) in [6.07, 6.45) is 1.42. The largest absolute Gasteiger partial charge is 0.249 e. The molecule has 0 fully saturated rings. The van der Waals surface area contributed by atoms with Crippen LogP contribution >= 0.6 is 23.4 Å². The van der Waals surface area contributed by atoms with Gasteiger partial charge in [-0.2, -0.15) is 4.31 Å². The molecule has 0 aliphatic carbocycles. The third-order valence-corrected chi connectivity index (χ3v) is 6.78. The van der Waals surface area contributed by atoms with Gasteiger partial charge < -0.3 is 0 Å². The Hall–Kier alpha value is -1.08. The molecule has 0 spiro atoms. The first-order valence-electron chi connectivity index (χ1n) is 7.31. The van der Waals surface area contributed by atoms with Crippen molar-refractivity contribution < 1.29 is 8.42 Å². The molecule has 0 radical (unpaired) electrons. The van der Waals surface area contributed by atoms with Crippen LogP contribution in [0, 0.1) is 0 Å². The first-order chi connectivity index (χ1) is 11.0. The van der Waals surface area contributed by atoms with Crippen LogP contribution in [0.2, 0.25) is 5.02 Å². The van der Waals surface area contributed by atoms with Crippen LogP contribution in [-0.2, 0) is 15.8 Å². The zero-order valence-corrected chi connectivity index (χ0v) is 15.5. The van der Waals surface area contributed by atoms with Crippen LogP contribution in [0.5, 0.6) is 0 Å². The molecule has 7 heteroatoms. The van der Waals surface area contributed by atoms with Crippen LogP contribution in [0.4, 0.5) is 0 Å². The molecule has 0 aliphatic rings. The molecule has 1 aromatic carbocycles. The summed E-state index contributed by atoms with van der Waals surface area (Å²) in [6.45, 7) is 4.54. The quantitative estimate of drug-likeness (QED) is 0.689. The second-order valence-electron chi connectivity index (χ2n) is 4.80. The Morgan fingerprint density at radius 2 is 1.83 bits per heavy atom. The molecule has 23 heavy (non-hydrogen) atoms. The Morgan fingerprint density at radius 3 is 2.39 bits per heavy atom. The van der Waals surface area contributed by atoms with Gasteiger partial charge in [0.15, 0.2) is 0 Å². The van der Waals surface area contributed by atoms with Crippen molar-refractivity contribution in [3.63, 3.8) is 0 Å². The van der Waals surface area contributed by atoms with Gasteiger partial charge in [-0.3, -0.25) is 0 Å². The molecule has 0 bridgehead atoms. The minimum atomic E-state index is -3.45. The molecule has 2 aromatic rings. The predicted molar refractivity (Wildman–Crippen MR) is 95.4 cm³/mol. The van der Waals surface area contributed by atoms with Gasteiger partial charge in [0.25, 0.3) is 0 Å². The second kappa shape index (κ2) is 8.15. The number of halogens is 1. The molecule has 0 saturated carbocycles. The van der Waals surface area contributed by atoms with E-state index in [9.17, 15) is 8.42 Å². The summed E-state index contributed by atoms with van der Waals surface area (Å²) >= 11 is 7.65. The molecular formula is C16H19ClN2O2S2. The third kappa shape index (κ3) is 4.47. The van der Waals surface area contributed by atoms with Crippen molar-refractivity contribution in [2.24, 2.45) is 0 Å². The van der Waals surface area contributed by atoms with Gasteiger partial charge >= 0.3 is 0 Å². The van der Waals surface area contributed by atoms with Gasteiger partial charge in [-0.1, -0.05) is 43.6 Å². The van der Waals surface area contributed by atoms with Crippen molar-refractivity contribution in [1.29, 1.82) is 0 Å². The normalized spacial score (nSPS) is 11.8. The standard InChI is InChI=1S/C16H19ClN2O2S2/c1-3-19(4-2)23(20,21)14-9-10-16(18-11-14)22-12-13-7-5-6-8-15(13)17/h5-11H,3-4,12H2,1-2H3. The monoisotopic (exact) mass is 370 g/mol. The maximum atomic E-state index is 12.4. The van der Waals surface area contributed by atoms with Crippen molar-refractivity contribution in [1.82, 2.24) is 9.29 Å². The van der Waals surface area contributed by atoms with E-state index in [0.717, 1.165) is 15.6 Å². The Balaban J connectivity index is 2.09. The highest BCUT2D eigenvalue weighted by molar-refractivity contribution is 7.98. The summed E-state index contributed by atoms with van der Waals surface area (Å²) in [5.74, 6) is 0.689. The molecule has 1 aromatic heterocycles. The van der Waals surface area contributed by atoms with Crippen LogP contribution in [0.3, 0.4) is 0 Å². The number of hydrogen-bond donors (Lipinski definition) is 0. The lowest BCUT2D eigenvalue weighted by Crippen LogP contribution is -2.30. The number of hydrogen-bond acceptors (Lipinski definition) is 4. The van der Waals surface area contributed by atoms with Crippen molar-refractivity contribution in [3.8, 4) is 0 Å². The van der Waals surface area contributed by atoms with Gasteiger partial charge in [-0.15, -0.1) is 11.8 Å². The summed E-state index contributed by atoms with van der Waals surface area (Å²) in [7, 11) is -3.45. The lowest BCUT2D eigenvalue weighted by Gasteiger charge is -2.18. The third-order valence-electron chi connectivity index (χ3n) is 3.39. The number of pyridine rings is 1. The smallest absolute Gasteiger partial charge is 0.244 e. The summed E-state index contributed by atoms with van der Waals surface area (Å²) in [4.78, 5) is 4.48. The predicted octanol–water partition coefficient (Wildman–Crippen LogP) is 4.06. The molecular weight excluding hydrogens is 352 g/mol. The van der Waals surface area contributed by atoms with Gasteiger partial charge in [-0.05, 0) is 23.8 Å². The second-order valence-corrected chi connectivity index (χ2v) is 8.14. The minimum Gasteiger partial charge on any atom is -0.249 e. The summed E-state index contributed by atoms with van der Waals surface area (Å²) in [5, 5.41) is 1.49. The van der Waals surface area contributed by atoms with Crippen molar-refractivity contribution in [3.05, 3.63) is 53.2 Å². The highest BCUT2D eigenvalue weighted by Crippen LogP contribution is 2.26. The van der Waals surface area contributed by atoms with Crippen LogP contribution < -0.4 is 0 Å². The fraction of sp³-hybridized carbons (Fsp3) is 0.312. The Bertz CT molecular complexity index is 745. The Kier molecular flexibility index (Phi) is 6.47. The Morgan fingerprint density at radius 1 is 1.13 bits per heavy atom. The van der Waals surface area contributed by atoms with Gasteiger partial charge in [0.2, 0.25) is 10.0 Å². The first-order valence-corrected chi connectivity index (χ1v) is 10.1. The topological polar surface area (TPSA) is 50.3 Å². The maximum absolute atomic E-state index is 12.4. The fourth-order valence-electron chi connectivity index (χ4n) is 2.08. The lowest BCUT2D eigenvalue weighted by molar-refractivity contribution is 0.445. The van der Waals surface area contributed by atoms with Crippen LogP contribution in [0.25, 0.3) is 0 Å². The molecule has 2 rings (SSSR count). The molecule has 0 saturated heterocycles. The van der Waals surface area contributed by atoms with E-state index in [0.29, 0.717) is 18.8 Å². The van der Waals surface area contributed by atoms with Crippen molar-refractivity contribution >= 4 is 33.4 Å². The molecule has 124 valence electrons. The maximum Gasteiger partial charge on any atom is 0.244 e. The van der Waals surface area contributed by atoms with E-state index < -0.39 is 10.0 Å². The van der Waals surface area contributed by atoms with Gasteiger partial charge in [0, 0.05) is 30.1 Å². The van der Waals surface area contributed by atoms with Crippen LogP contribution in [-0.4, -0.2) is 30.8 Å². The van der Waals surface area contributed by atoms with E-state index in [1.807, 2.05) is 38.1 Å². The summed E-state index contributed by atoms with van der Waals surface area (Å²) < 4.78 is 26.2. The average molecular weight is 371 g/mol. The van der Waals surface area contributed by atoms with E-state index in [2.05, 4.69) is 4.98 Å². The van der Waals surface area contributed by atoms with Gasteiger partial charge in [0.1, 0.15) is 4.90 Å². The van der Waals surface area contributed by atoms with Crippen molar-refractivity contribution in [2.45, 2.75) is 29.5 Å². The Labute approximate surface area is 146 Å². The number of sulfonamides is 1. The molecule has 4 nitrogen and oxygen atoms in total. The highest BCUT2D eigenvalue weighted by atomic mass is 35.5. The van der Waals surface area contributed by atoms with Crippen LogP contribution in [0.15, 0.2) is 52.5 Å². The molecule has 0 N–H and O–H groups in total. The van der Waals surface area contributed by atoms with Crippen LogP contribution in [0.1, 0.15) is 19.4 Å². The fourth-order valence-corrected chi connectivity index (χ4v) is 4.62. The number of aromatic nitrogens is 1. The van der Waals surface area contributed by atoms with E-state index in [4.69, 9.17) is 11.6 Å². The van der Waals surface area contributed by atoms with E-state index in [-0.39, 0.29) is 4.90 Å². The number of rotatable bonds is 7. The molecule has 0 aliphatic heterocycles. The van der Waals surface area contributed by atoms with E-state index in [1.54, 1.807) is 12.1 Å². The SMILES string of the molecule is CCN(CC)S(=O)(=O)c1ccc(SCc2ccccc2Cl)nc1. The molecule has 1 heterocycles. The number of benzene rings is 1. The van der Waals surface area contributed by atoms with Gasteiger partial charge in [0.05, 0.1) is 5.03 Å². The average Bonchev–Trinajstić information content (AvgIpc) is 2.55. The zero-order valence-electron chi connectivity index (χ0n) is 13.1. The highest BCUT2D eigenvalue weighted by Gasteiger charge is 2.21. The summed E-state index contributed by atoms with van der Waals surface area (Å²) in [5.41, 5.74) is 1.03. The molecule has 0 amide bonds. The number of thioether (sulfide) groups is 1. The van der Waals surface area contributed by atoms with E-state index in [1.165, 1.54) is 22.3 Å². The number of nitrogens with zero attached hydrogens (tertiary/aromatic N) is 2. The van der Waals surface area contributed by atoms with E-state index >= 15 is 0 Å². The molecule has 0 atom stereocenters. The van der Waals surface area contributed by atoms with Crippen molar-refractivity contribution in [2.75, 3.05) is 13.1 Å². The minimum absolute atomic E-state index is 0.225.